The number of aliphatic hydroxyl groups excluding tert-OH is 1. The lowest BCUT2D eigenvalue weighted by Gasteiger charge is -2.22. The molecule has 2 N–H and O–H groups in total. The van der Waals surface area contributed by atoms with Gasteiger partial charge in [0, 0.05) is 25.6 Å². The highest BCUT2D eigenvalue weighted by Gasteiger charge is 2.31. The molecule has 5 nitrogen and oxygen atoms in total. The molecule has 1 aliphatic rings. The molecular weight excluding hydrogens is 292 g/mol. The number of hydrogen-bond acceptors (Lipinski definition) is 3. The van der Waals surface area contributed by atoms with Crippen LogP contribution in [0.3, 0.4) is 0 Å². The second-order valence-corrected chi connectivity index (χ2v) is 6.42. The Hall–Kier alpha value is -1.75. The highest BCUT2D eigenvalue weighted by Crippen LogP contribution is 2.22. The molecule has 3 atom stereocenters. The fourth-order valence-corrected chi connectivity index (χ4v) is 2.89. The molecule has 0 bridgehead atoms. The first-order valence-corrected chi connectivity index (χ1v) is 8.41. The normalized spacial score (nSPS) is 22.0. The highest BCUT2D eigenvalue weighted by atomic mass is 16.5. The Morgan fingerprint density at radius 1 is 1.43 bits per heavy atom. The van der Waals surface area contributed by atoms with Crippen molar-refractivity contribution in [3.63, 3.8) is 0 Å². The van der Waals surface area contributed by atoms with Crippen LogP contribution in [0.2, 0.25) is 0 Å². The number of carbonyl (C=O) groups is 1. The number of urea groups is 1. The average molecular weight is 320 g/mol. The van der Waals surface area contributed by atoms with Gasteiger partial charge in [-0.05, 0) is 30.9 Å². The third-order valence-corrected chi connectivity index (χ3v) is 4.61. The van der Waals surface area contributed by atoms with Gasteiger partial charge in [0.1, 0.15) is 11.9 Å². The van der Waals surface area contributed by atoms with Crippen molar-refractivity contribution in [1.29, 1.82) is 0 Å². The van der Waals surface area contributed by atoms with Gasteiger partial charge in [-0.25, -0.2) is 4.79 Å². The molecule has 1 aliphatic heterocycles. The fraction of sp³-hybridized carbons (Fsp3) is 0.611. The molecule has 0 unspecified atom stereocenters. The summed E-state index contributed by atoms with van der Waals surface area (Å²) < 4.78 is 6.00. The predicted octanol–water partition coefficient (Wildman–Crippen LogP) is 2.42. The highest BCUT2D eigenvalue weighted by molar-refractivity contribution is 5.74. The zero-order valence-corrected chi connectivity index (χ0v) is 14.3. The van der Waals surface area contributed by atoms with Gasteiger partial charge in [-0.1, -0.05) is 32.0 Å². The quantitative estimate of drug-likeness (QED) is 0.846. The van der Waals surface area contributed by atoms with Crippen molar-refractivity contribution in [1.82, 2.24) is 10.2 Å². The molecule has 0 spiro atoms. The number of nitrogens with one attached hydrogen (secondary N) is 1. The van der Waals surface area contributed by atoms with Crippen molar-refractivity contribution in [3.8, 4) is 5.75 Å². The topological polar surface area (TPSA) is 61.8 Å². The molecule has 23 heavy (non-hydrogen) atoms. The average Bonchev–Trinajstić information content (AvgIpc) is 2.94. The smallest absolute Gasteiger partial charge is 0.317 e. The molecule has 1 saturated heterocycles. The summed E-state index contributed by atoms with van der Waals surface area (Å²) in [7, 11) is 0. The summed E-state index contributed by atoms with van der Waals surface area (Å²) in [4.78, 5) is 14.1. The minimum Gasteiger partial charge on any atom is -0.488 e. The van der Waals surface area contributed by atoms with Gasteiger partial charge < -0.3 is 20.1 Å². The lowest BCUT2D eigenvalue weighted by atomic mass is 10.00. The maximum atomic E-state index is 12.3. The van der Waals surface area contributed by atoms with Crippen molar-refractivity contribution in [2.75, 3.05) is 26.2 Å². The van der Waals surface area contributed by atoms with Gasteiger partial charge in [-0.2, -0.15) is 0 Å². The molecule has 2 amide bonds. The first-order valence-electron chi connectivity index (χ1n) is 8.41. The van der Waals surface area contributed by atoms with E-state index < -0.39 is 0 Å². The lowest BCUT2D eigenvalue weighted by Crippen LogP contribution is -2.43. The SMILES string of the molecule is CC[C@@H](CNC(=O)N1C[C@@H](CO)[C@H](C)C1)Oc1ccccc1C. The zero-order chi connectivity index (χ0) is 16.8. The van der Waals surface area contributed by atoms with Gasteiger partial charge in [0.05, 0.1) is 6.54 Å². The van der Waals surface area contributed by atoms with Gasteiger partial charge in [0.15, 0.2) is 0 Å². The Kier molecular flexibility index (Phi) is 6.28. The largest absolute Gasteiger partial charge is 0.488 e. The van der Waals surface area contributed by atoms with E-state index in [2.05, 4.69) is 19.2 Å². The van der Waals surface area contributed by atoms with Crippen molar-refractivity contribution in [2.24, 2.45) is 11.8 Å². The molecule has 1 aromatic carbocycles. The maximum Gasteiger partial charge on any atom is 0.317 e. The van der Waals surface area contributed by atoms with Crippen molar-refractivity contribution in [3.05, 3.63) is 29.8 Å². The number of ether oxygens (including phenoxy) is 1. The molecule has 5 heteroatoms. The number of hydrogen-bond donors (Lipinski definition) is 2. The number of amides is 2. The number of rotatable bonds is 6. The number of aliphatic hydroxyl groups is 1. The van der Waals surface area contributed by atoms with E-state index in [0.29, 0.717) is 25.6 Å². The van der Waals surface area contributed by atoms with Crippen LogP contribution in [0.15, 0.2) is 24.3 Å². The maximum absolute atomic E-state index is 12.3. The number of nitrogens with zero attached hydrogens (tertiary/aromatic N) is 1. The predicted molar refractivity (Wildman–Crippen MR) is 90.6 cm³/mol. The van der Waals surface area contributed by atoms with Crippen molar-refractivity contribution in [2.45, 2.75) is 33.3 Å². The molecule has 1 fully saturated rings. The molecule has 2 rings (SSSR count). The summed E-state index contributed by atoms with van der Waals surface area (Å²) in [5.74, 6) is 1.39. The third-order valence-electron chi connectivity index (χ3n) is 4.61. The van der Waals surface area contributed by atoms with E-state index in [4.69, 9.17) is 4.74 Å². The summed E-state index contributed by atoms with van der Waals surface area (Å²) in [5, 5.41) is 12.3. The van der Waals surface area contributed by atoms with Crippen LogP contribution in [-0.4, -0.2) is 48.4 Å². The molecule has 1 heterocycles. The fourth-order valence-electron chi connectivity index (χ4n) is 2.89. The summed E-state index contributed by atoms with van der Waals surface area (Å²) >= 11 is 0. The van der Waals surface area contributed by atoms with Crippen molar-refractivity contribution < 1.29 is 14.6 Å². The monoisotopic (exact) mass is 320 g/mol. The third kappa shape index (κ3) is 4.61. The molecule has 0 saturated carbocycles. The second-order valence-electron chi connectivity index (χ2n) is 6.42. The number of likely N-dealkylation sites (tertiary alicyclic amines) is 1. The number of aryl methyl sites for hydroxylation is 1. The Bertz CT molecular complexity index is 521. The minimum atomic E-state index is -0.0698. The van der Waals surface area contributed by atoms with Crippen LogP contribution in [0, 0.1) is 18.8 Å². The molecule has 128 valence electrons. The molecule has 0 aromatic heterocycles. The standard InChI is InChI=1S/C18H28N2O3/c1-4-16(23-17-8-6-5-7-13(17)2)9-19-18(22)20-10-14(3)15(11-20)12-21/h5-8,14-16,21H,4,9-12H2,1-3H3,(H,19,22)/t14-,15+,16+/m1/s1. The van der Waals surface area contributed by atoms with E-state index in [9.17, 15) is 9.90 Å². The van der Waals surface area contributed by atoms with Crippen molar-refractivity contribution >= 4 is 6.03 Å². The molecule has 1 aromatic rings. The van der Waals surface area contributed by atoms with Crippen LogP contribution in [0.4, 0.5) is 4.79 Å². The van der Waals surface area contributed by atoms with Gasteiger partial charge >= 0.3 is 6.03 Å². The summed E-state index contributed by atoms with van der Waals surface area (Å²) in [6.45, 7) is 8.09. The first-order chi connectivity index (χ1) is 11.0. The molecule has 0 radical (unpaired) electrons. The minimum absolute atomic E-state index is 0.0475. The summed E-state index contributed by atoms with van der Waals surface area (Å²) in [6, 6.07) is 7.83. The van der Waals surface area contributed by atoms with Crippen LogP contribution in [0.5, 0.6) is 5.75 Å². The van der Waals surface area contributed by atoms with E-state index in [-0.39, 0.29) is 24.7 Å². The van der Waals surface area contributed by atoms with Crippen LogP contribution in [0.25, 0.3) is 0 Å². The first kappa shape index (κ1) is 17.6. The van der Waals surface area contributed by atoms with Crippen LogP contribution >= 0.6 is 0 Å². The van der Waals surface area contributed by atoms with Gasteiger partial charge in [0.25, 0.3) is 0 Å². The number of para-hydroxylation sites is 1. The Balaban J connectivity index is 1.83. The van der Waals surface area contributed by atoms with Gasteiger partial charge in [-0.3, -0.25) is 0 Å². The Labute approximate surface area is 138 Å². The number of benzene rings is 1. The van der Waals surface area contributed by atoms with E-state index >= 15 is 0 Å². The van der Waals surface area contributed by atoms with Gasteiger partial charge in [0.2, 0.25) is 0 Å². The van der Waals surface area contributed by atoms with Gasteiger partial charge in [-0.15, -0.1) is 0 Å². The lowest BCUT2D eigenvalue weighted by molar-refractivity contribution is 0.174. The summed E-state index contributed by atoms with van der Waals surface area (Å²) in [5.41, 5.74) is 1.09. The van der Waals surface area contributed by atoms with Crippen LogP contribution < -0.4 is 10.1 Å². The van der Waals surface area contributed by atoms with Crippen LogP contribution in [-0.2, 0) is 0 Å². The Morgan fingerprint density at radius 2 is 2.17 bits per heavy atom. The van der Waals surface area contributed by atoms with E-state index in [1.54, 1.807) is 4.90 Å². The van der Waals surface area contributed by atoms with E-state index in [0.717, 1.165) is 17.7 Å². The summed E-state index contributed by atoms with van der Waals surface area (Å²) in [6.07, 6.45) is 0.776. The van der Waals surface area contributed by atoms with Crippen LogP contribution in [0.1, 0.15) is 25.8 Å². The second kappa shape index (κ2) is 8.20. The van der Waals surface area contributed by atoms with E-state index in [1.807, 2.05) is 31.2 Å². The Morgan fingerprint density at radius 3 is 2.78 bits per heavy atom. The number of carbonyl (C=O) groups excluding carboxylic acids is 1. The zero-order valence-electron chi connectivity index (χ0n) is 14.3. The molecular formula is C18H28N2O3. The molecule has 0 aliphatic carbocycles. The van der Waals surface area contributed by atoms with E-state index in [1.165, 1.54) is 0 Å².